The number of rotatable bonds is 35. The van der Waals surface area contributed by atoms with E-state index in [1.165, 1.54) is 58.1 Å². The first-order valence-electron chi connectivity index (χ1n) is 44.9. The average molecular weight is 1850 g/mol. The van der Waals surface area contributed by atoms with Crippen LogP contribution < -0.4 is 37.3 Å². The number of aromatic nitrogens is 6. The van der Waals surface area contributed by atoms with E-state index in [2.05, 4.69) is 154 Å². The maximum absolute atomic E-state index is 13.9. The van der Waals surface area contributed by atoms with E-state index in [0.29, 0.717) is 25.3 Å². The van der Waals surface area contributed by atoms with E-state index in [0.717, 1.165) is 104 Å². The fraction of sp³-hybridized carbons (Fsp3) is 0.382. The molecule has 8 amide bonds. The number of aliphatic hydroxyl groups excluding tert-OH is 2. The van der Waals surface area contributed by atoms with Crippen molar-refractivity contribution in [2.45, 2.75) is 176 Å². The summed E-state index contributed by atoms with van der Waals surface area (Å²) in [5.41, 5.74) is 17.4. The Hall–Kier alpha value is -12.8. The molecule has 0 saturated carbocycles. The zero-order chi connectivity index (χ0) is 95.3. The number of hydrogen-bond acceptors (Lipinski definition) is 21. The molecule has 0 spiro atoms. The van der Waals surface area contributed by atoms with Crippen LogP contribution in [0.4, 0.5) is 19.2 Å². The van der Waals surface area contributed by atoms with Gasteiger partial charge in [0.2, 0.25) is 11.8 Å². The van der Waals surface area contributed by atoms with Gasteiger partial charge in [0, 0.05) is 129 Å². The summed E-state index contributed by atoms with van der Waals surface area (Å²) in [5.74, 6) is -1.31. The number of carbonyl (C=O) groups excluding carboxylic acids is 7. The molecule has 6 aromatic carbocycles. The number of ether oxygens (including phenoxy) is 3. The normalized spacial score (nSPS) is 14.3. The number of methoxy groups -OCH3 is 2. The molecule has 704 valence electrons. The molecule has 1 saturated heterocycles. The second-order valence-electron chi connectivity index (χ2n) is 36.4. The molecule has 0 aliphatic carbocycles. The van der Waals surface area contributed by atoms with E-state index in [9.17, 15) is 43.8 Å². The Morgan fingerprint density at radius 3 is 1.74 bits per heavy atom. The summed E-state index contributed by atoms with van der Waals surface area (Å²) >= 11 is 2.95. The minimum atomic E-state index is -1.22. The van der Waals surface area contributed by atoms with Crippen molar-refractivity contribution in [3.8, 4) is 33.5 Å². The van der Waals surface area contributed by atoms with Gasteiger partial charge in [-0.15, -0.1) is 22.7 Å². The second-order valence-corrected chi connectivity index (χ2v) is 38.3. The number of likely N-dealkylation sites (N-methyl/N-ethyl adjacent to an activating group) is 1. The van der Waals surface area contributed by atoms with Crippen LogP contribution in [0.2, 0.25) is 0 Å². The highest BCUT2D eigenvalue weighted by atomic mass is 32.1. The van der Waals surface area contributed by atoms with Gasteiger partial charge in [-0.05, 0) is 130 Å². The van der Waals surface area contributed by atoms with Crippen LogP contribution in [0.1, 0.15) is 125 Å². The molecule has 1 aliphatic heterocycles. The number of pyridine rings is 2. The number of piperazine rings is 1. The average Bonchev–Trinajstić information content (AvgIpc) is 1.64. The lowest BCUT2D eigenvalue weighted by Crippen LogP contribution is -2.60. The number of nitrogens with one attached hydrogen (secondary N) is 9. The summed E-state index contributed by atoms with van der Waals surface area (Å²) in [4.78, 5) is 124. The van der Waals surface area contributed by atoms with Gasteiger partial charge in [0.15, 0.2) is 0 Å². The highest BCUT2D eigenvalue weighted by molar-refractivity contribution is 7.10. The number of benzene rings is 6. The highest BCUT2D eigenvalue weighted by Gasteiger charge is 2.39. The third-order valence-electron chi connectivity index (χ3n) is 23.0. The number of aliphatic hydroxyl groups is 2. The van der Waals surface area contributed by atoms with E-state index >= 15 is 0 Å². The third kappa shape index (κ3) is 30.7. The van der Waals surface area contributed by atoms with Gasteiger partial charge in [0.1, 0.15) is 30.4 Å². The fourth-order valence-corrected chi connectivity index (χ4v) is 16.8. The lowest BCUT2D eigenvalue weighted by molar-refractivity contribution is -0.132. The van der Waals surface area contributed by atoms with E-state index in [4.69, 9.17) is 19.2 Å². The van der Waals surface area contributed by atoms with Crippen LogP contribution in [0.3, 0.4) is 0 Å². The number of hydrogen-bond donors (Lipinski definition) is 11. The summed E-state index contributed by atoms with van der Waals surface area (Å²) in [6.07, 6.45) is 6.07. The van der Waals surface area contributed by atoms with Crippen LogP contribution in [-0.2, 0) is 74.1 Å². The van der Waals surface area contributed by atoms with Crippen molar-refractivity contribution in [1.29, 1.82) is 0 Å². The first-order valence-corrected chi connectivity index (χ1v) is 46.6. The number of aromatic amines is 2. The molecule has 7 heterocycles. The molecule has 8 atom stereocenters. The number of amides is 8. The molecule has 0 bridgehead atoms. The van der Waals surface area contributed by atoms with Gasteiger partial charge in [-0.1, -0.05) is 221 Å². The smallest absolute Gasteiger partial charge is 0.407 e. The predicted molar refractivity (Wildman–Crippen MR) is 522 cm³/mol. The third-order valence-corrected chi connectivity index (χ3v) is 25.0. The van der Waals surface area contributed by atoms with Gasteiger partial charge >= 0.3 is 24.3 Å². The number of urea groups is 1. The Labute approximate surface area is 787 Å². The van der Waals surface area contributed by atoms with Crippen molar-refractivity contribution in [2.24, 2.45) is 16.7 Å². The largest absolute Gasteiger partial charge is 0.453 e. The van der Waals surface area contributed by atoms with Crippen LogP contribution in [0.5, 0.6) is 0 Å². The summed E-state index contributed by atoms with van der Waals surface area (Å²) in [6, 6.07) is 56.5. The Kier molecular flexibility index (Phi) is 36.8. The van der Waals surface area contributed by atoms with Gasteiger partial charge in [-0.2, -0.15) is 0 Å². The molecule has 1 fully saturated rings. The topological polar surface area (TPSA) is 368 Å². The SMILES string of the molecule is CC(C)c1nc(CN(C)C(=O)N[C@H](C(=O)N[C@@H](Cc2ccccc2)C[C@H](O)[C@H](Cc2ccccc2)NC(=O)OCc2cncs2)C(C)C)cs1.CN1CCN(Cc2ccc(-c3cnc4[nH]cc(-c5ccc6[nH]ccc6c5)c4c3)cc2)CC1.COC(=O)N[C@H](C(=O)N[C@@H](Cc1ccccc1)[C@@H](O)CN(Cc1ccc(-c2ccccn2)cc1)NC(=O)[C@@H](NC(=O)OC)C(C)(C)C)C(C)(C)C. The zero-order valence-electron chi connectivity index (χ0n) is 78.3. The molecule has 6 aromatic heterocycles. The second kappa shape index (κ2) is 48.6. The van der Waals surface area contributed by atoms with Gasteiger partial charge in [0.05, 0.1) is 71.8 Å². The molecule has 12 aromatic rings. The van der Waals surface area contributed by atoms with Crippen LogP contribution in [0.15, 0.2) is 230 Å². The van der Waals surface area contributed by atoms with E-state index < -0.39 is 89.4 Å². The molecule has 13 rings (SSSR count). The van der Waals surface area contributed by atoms with E-state index in [1.807, 2.05) is 186 Å². The molecule has 1 aliphatic rings. The van der Waals surface area contributed by atoms with Crippen molar-refractivity contribution in [3.63, 3.8) is 0 Å². The molecule has 0 unspecified atom stereocenters. The molecule has 31 heteroatoms. The standard InChI is InChI=1S/C38H52N6O7.C37H48N6O5S2.C27H27N5/c1-37(2,3)31(41-35(48)50-7)33(46)40-29(22-25-14-10-9-11-15-25)30(45)24-44(43-34(47)32(38(4,5)6)42-36(49)51-8)23-26-17-19-27(20-18-26)28-16-12-13-21-39-28;1-24(2)33(42-36(46)43(5)20-29-22-49-35(40-29)25(3)4)34(45)39-28(16-26-12-8-6-9-13-26)18-32(44)31(17-27-14-10-7-11-15-27)41-37(47)48-21-30-19-38-23-50-30;1-31-10-12-32(13-11-31)18-19-2-4-20(5-3-19)23-15-24-25(17-30-27(24)29-16-23)21-6-7-26-22(14-21)8-9-28-26/h9-21,29-32,45H,22-24H2,1-8H3,(H,40,46)(H,41,48)(H,42,49)(H,43,47);6-15,19,22-25,28,31-33,44H,16-18,20-21H2,1-5H3,(H,39,45)(H,41,47)(H,42,46);2-9,14-17,28H,10-13,18H2,1H3,(H,29,30)/t29-,30-,31+,32+;28-,31-,32-,33-;/m00./s1. The summed E-state index contributed by atoms with van der Waals surface area (Å²) < 4.78 is 15.0. The predicted octanol–water partition coefficient (Wildman–Crippen LogP) is 15.2. The molecule has 29 nitrogen and oxygen atoms in total. The van der Waals surface area contributed by atoms with Gasteiger partial charge in [0.25, 0.3) is 5.91 Å². The van der Waals surface area contributed by atoms with E-state index in [1.54, 1.807) is 62.1 Å². The number of alkyl carbamates (subject to hydrolysis) is 3. The Bertz CT molecular complexity index is 5670. The number of hydrazine groups is 1. The number of fused-ring (bicyclic) bond motifs is 2. The van der Waals surface area contributed by atoms with Crippen molar-refractivity contribution >= 4 is 86.6 Å². The minimum absolute atomic E-state index is 0.0671. The van der Waals surface area contributed by atoms with Gasteiger partial charge in [-0.25, -0.2) is 34.2 Å². The molecular weight excluding hydrogens is 1720 g/mol. The first kappa shape index (κ1) is 101. The lowest BCUT2D eigenvalue weighted by atomic mass is 9.85. The first-order chi connectivity index (χ1) is 63.7. The van der Waals surface area contributed by atoms with Gasteiger partial charge < -0.3 is 76.1 Å². The Morgan fingerprint density at radius 1 is 0.564 bits per heavy atom. The molecular formula is C102H127N17O12S2. The van der Waals surface area contributed by atoms with E-state index in [-0.39, 0.29) is 50.4 Å². The maximum Gasteiger partial charge on any atom is 0.407 e. The van der Waals surface area contributed by atoms with Crippen molar-refractivity contribution < 1.29 is 58.0 Å². The zero-order valence-corrected chi connectivity index (χ0v) is 79.9. The van der Waals surface area contributed by atoms with Crippen molar-refractivity contribution in [2.75, 3.05) is 61.0 Å². The number of H-pyrrole nitrogens is 2. The fourth-order valence-electron chi connectivity index (χ4n) is 15.5. The van der Waals surface area contributed by atoms with Gasteiger partial charge in [-0.3, -0.25) is 34.7 Å². The summed E-state index contributed by atoms with van der Waals surface area (Å²) in [7, 11) is 6.31. The van der Waals surface area contributed by atoms with Crippen LogP contribution in [0.25, 0.3) is 55.4 Å². The number of carbonyl (C=O) groups is 7. The Balaban J connectivity index is 0.000000197. The summed E-state index contributed by atoms with van der Waals surface area (Å²) in [5, 5.41) is 47.4. The van der Waals surface area contributed by atoms with Crippen LogP contribution in [0, 0.1) is 16.7 Å². The number of thiazole rings is 2. The van der Waals surface area contributed by atoms with Crippen molar-refractivity contribution in [3.05, 3.63) is 273 Å². The molecule has 11 N–H and O–H groups in total. The quantitative estimate of drug-likeness (QED) is 0.0130. The summed E-state index contributed by atoms with van der Waals surface area (Å²) in [6.45, 7) is 24.8. The van der Waals surface area contributed by atoms with Crippen molar-refractivity contribution in [1.82, 2.24) is 86.9 Å². The minimum Gasteiger partial charge on any atom is -0.453 e. The highest BCUT2D eigenvalue weighted by Crippen LogP contribution is 2.34. The number of nitrogens with zero attached hydrogens (tertiary/aromatic N) is 8. The molecule has 0 radical (unpaired) electrons. The molecule has 133 heavy (non-hydrogen) atoms. The maximum atomic E-state index is 13.9. The van der Waals surface area contributed by atoms with Crippen LogP contribution >= 0.6 is 22.7 Å². The Morgan fingerprint density at radius 2 is 1.16 bits per heavy atom. The van der Waals surface area contributed by atoms with Crippen LogP contribution in [-0.4, -0.2) is 211 Å². The monoisotopic (exact) mass is 1850 g/mol. The lowest BCUT2D eigenvalue weighted by Gasteiger charge is -2.35.